The van der Waals surface area contributed by atoms with E-state index in [-0.39, 0.29) is 18.0 Å². The van der Waals surface area contributed by atoms with Gasteiger partial charge in [-0.2, -0.15) is 9.78 Å². The zero-order valence-corrected chi connectivity index (χ0v) is 25.3. The van der Waals surface area contributed by atoms with Crippen LogP contribution >= 0.6 is 39.1 Å². The molecule has 0 amide bonds. The second kappa shape index (κ2) is 12.0. The van der Waals surface area contributed by atoms with Gasteiger partial charge in [0.25, 0.3) is 5.56 Å². The van der Waals surface area contributed by atoms with Crippen LogP contribution in [0.3, 0.4) is 0 Å². The molecule has 4 aromatic carbocycles. The lowest BCUT2D eigenvalue weighted by molar-refractivity contribution is 0.269. The standard InChI is InChI=1S/C32H22BrCl2N3O4/c1-2-40-28-14-20(13-25(35)30(28)41-18-19-7-10-23(34)11-8-19)17-36-38-31(37-26-6-4-3-5-24(26)32(38)39)29-16-21-15-22(33)9-12-27(21)42-29/h3-17H,2,18H2,1H3. The lowest BCUT2D eigenvalue weighted by Gasteiger charge is -2.14. The molecule has 0 unspecified atom stereocenters. The highest BCUT2D eigenvalue weighted by Gasteiger charge is 2.17. The number of fused-ring (bicyclic) bond motifs is 2. The van der Waals surface area contributed by atoms with Crippen LogP contribution in [0.2, 0.25) is 10.0 Å². The number of ether oxygens (including phenoxy) is 2. The number of aromatic nitrogens is 2. The van der Waals surface area contributed by atoms with Crippen LogP contribution in [0.4, 0.5) is 0 Å². The summed E-state index contributed by atoms with van der Waals surface area (Å²) in [7, 11) is 0. The molecular formula is C32H22BrCl2N3O4. The minimum Gasteiger partial charge on any atom is -0.490 e. The van der Waals surface area contributed by atoms with Crippen molar-refractivity contribution in [3.05, 3.63) is 121 Å². The third-order valence-electron chi connectivity index (χ3n) is 6.40. The molecule has 42 heavy (non-hydrogen) atoms. The Hall–Kier alpha value is -4.11. The number of para-hydroxylation sites is 1. The van der Waals surface area contributed by atoms with Crippen molar-refractivity contribution in [1.29, 1.82) is 0 Å². The average molecular weight is 663 g/mol. The Morgan fingerprint density at radius 3 is 2.62 bits per heavy atom. The maximum atomic E-state index is 13.6. The van der Waals surface area contributed by atoms with Crippen LogP contribution in [-0.4, -0.2) is 22.5 Å². The molecule has 6 aromatic rings. The first kappa shape index (κ1) is 28.0. The first-order valence-corrected chi connectivity index (χ1v) is 14.5. The van der Waals surface area contributed by atoms with Gasteiger partial charge >= 0.3 is 0 Å². The summed E-state index contributed by atoms with van der Waals surface area (Å²) in [5.74, 6) is 1.53. The van der Waals surface area contributed by atoms with Gasteiger partial charge in [0.15, 0.2) is 17.3 Å². The van der Waals surface area contributed by atoms with Crippen LogP contribution in [0, 0.1) is 0 Å². The van der Waals surface area contributed by atoms with Gasteiger partial charge in [0.2, 0.25) is 5.82 Å². The summed E-state index contributed by atoms with van der Waals surface area (Å²) in [5.41, 5.74) is 2.38. The zero-order valence-electron chi connectivity index (χ0n) is 22.2. The fourth-order valence-corrected chi connectivity index (χ4v) is 5.22. The van der Waals surface area contributed by atoms with Crippen molar-refractivity contribution in [2.24, 2.45) is 5.10 Å². The quantitative estimate of drug-likeness (QED) is 0.152. The van der Waals surface area contributed by atoms with Gasteiger partial charge in [-0.15, -0.1) is 0 Å². The van der Waals surface area contributed by atoms with E-state index < -0.39 is 0 Å². The van der Waals surface area contributed by atoms with Gasteiger partial charge in [-0.1, -0.05) is 63.4 Å². The predicted octanol–water partition coefficient (Wildman–Crippen LogP) is 8.74. The molecule has 0 fully saturated rings. The van der Waals surface area contributed by atoms with Gasteiger partial charge in [0.05, 0.1) is 28.7 Å². The number of nitrogens with zero attached hydrogens (tertiary/aromatic N) is 3. The number of halogens is 3. The van der Waals surface area contributed by atoms with Crippen LogP contribution in [0.15, 0.2) is 104 Å². The van der Waals surface area contributed by atoms with E-state index in [1.165, 1.54) is 10.9 Å². The Kier molecular flexibility index (Phi) is 8.02. The van der Waals surface area contributed by atoms with Crippen molar-refractivity contribution < 1.29 is 13.9 Å². The van der Waals surface area contributed by atoms with Crippen LogP contribution in [0.5, 0.6) is 11.5 Å². The summed E-state index contributed by atoms with van der Waals surface area (Å²) in [5, 5.41) is 6.81. The van der Waals surface area contributed by atoms with Crippen molar-refractivity contribution in [3.8, 4) is 23.1 Å². The summed E-state index contributed by atoms with van der Waals surface area (Å²) in [6, 6.07) is 25.4. The first-order chi connectivity index (χ1) is 20.4. The molecule has 7 nitrogen and oxygen atoms in total. The van der Waals surface area contributed by atoms with E-state index in [1.807, 2.05) is 49.4 Å². The van der Waals surface area contributed by atoms with E-state index >= 15 is 0 Å². The van der Waals surface area contributed by atoms with Crippen LogP contribution in [-0.2, 0) is 6.61 Å². The number of rotatable bonds is 8. The Bertz CT molecular complexity index is 2020. The van der Waals surface area contributed by atoms with E-state index in [4.69, 9.17) is 42.1 Å². The topological polar surface area (TPSA) is 78.9 Å². The van der Waals surface area contributed by atoms with Gasteiger partial charge in [0, 0.05) is 14.9 Å². The number of furan rings is 1. The third-order valence-corrected chi connectivity index (χ3v) is 7.43. The summed E-state index contributed by atoms with van der Waals surface area (Å²) in [6.45, 7) is 2.55. The Labute approximate surface area is 259 Å². The van der Waals surface area contributed by atoms with E-state index in [0.717, 1.165) is 15.4 Å². The fraction of sp³-hybridized carbons (Fsp3) is 0.0938. The molecule has 6 rings (SSSR count). The highest BCUT2D eigenvalue weighted by atomic mass is 79.9. The molecule has 10 heteroatoms. The highest BCUT2D eigenvalue weighted by Crippen LogP contribution is 2.37. The van der Waals surface area contributed by atoms with Crippen LogP contribution in [0.25, 0.3) is 33.5 Å². The minimum absolute atomic E-state index is 0.265. The summed E-state index contributed by atoms with van der Waals surface area (Å²) in [4.78, 5) is 18.4. The molecule has 0 aliphatic rings. The van der Waals surface area contributed by atoms with Gasteiger partial charge in [-0.05, 0) is 78.7 Å². The van der Waals surface area contributed by atoms with Crippen molar-refractivity contribution in [2.45, 2.75) is 13.5 Å². The molecule has 0 aliphatic heterocycles. The van der Waals surface area contributed by atoms with Crippen molar-refractivity contribution in [3.63, 3.8) is 0 Å². The molecule has 0 bridgehead atoms. The Balaban J connectivity index is 1.40. The molecule has 0 spiro atoms. The van der Waals surface area contributed by atoms with Gasteiger partial charge in [-0.3, -0.25) is 4.79 Å². The summed E-state index contributed by atoms with van der Waals surface area (Å²) >= 11 is 16.1. The zero-order chi connectivity index (χ0) is 29.2. The maximum Gasteiger partial charge on any atom is 0.282 e. The highest BCUT2D eigenvalue weighted by molar-refractivity contribution is 9.10. The lowest BCUT2D eigenvalue weighted by atomic mass is 10.2. The third kappa shape index (κ3) is 5.79. The van der Waals surface area contributed by atoms with E-state index in [2.05, 4.69) is 21.0 Å². The van der Waals surface area contributed by atoms with E-state index in [9.17, 15) is 4.79 Å². The van der Waals surface area contributed by atoms with Crippen LogP contribution in [0.1, 0.15) is 18.1 Å². The Morgan fingerprint density at radius 2 is 1.81 bits per heavy atom. The summed E-state index contributed by atoms with van der Waals surface area (Å²) in [6.07, 6.45) is 1.53. The van der Waals surface area contributed by atoms with Gasteiger partial charge < -0.3 is 13.9 Å². The smallest absolute Gasteiger partial charge is 0.282 e. The molecular weight excluding hydrogens is 641 g/mol. The monoisotopic (exact) mass is 661 g/mol. The van der Waals surface area contributed by atoms with Crippen LogP contribution < -0.4 is 15.0 Å². The maximum absolute atomic E-state index is 13.6. The summed E-state index contributed by atoms with van der Waals surface area (Å²) < 4.78 is 20.1. The number of hydrogen-bond donors (Lipinski definition) is 0. The lowest BCUT2D eigenvalue weighted by Crippen LogP contribution is -2.20. The van der Waals surface area contributed by atoms with E-state index in [0.29, 0.717) is 56.0 Å². The van der Waals surface area contributed by atoms with Crippen molar-refractivity contribution >= 4 is 67.2 Å². The van der Waals surface area contributed by atoms with Gasteiger partial charge in [0.1, 0.15) is 12.2 Å². The first-order valence-electron chi connectivity index (χ1n) is 13.0. The fourth-order valence-electron chi connectivity index (χ4n) is 4.44. The predicted molar refractivity (Wildman–Crippen MR) is 170 cm³/mol. The minimum atomic E-state index is -0.340. The molecule has 0 radical (unpaired) electrons. The number of benzene rings is 4. The Morgan fingerprint density at radius 1 is 1.00 bits per heavy atom. The van der Waals surface area contributed by atoms with Gasteiger partial charge in [-0.25, -0.2) is 4.98 Å². The van der Waals surface area contributed by atoms with Crippen molar-refractivity contribution in [2.75, 3.05) is 6.61 Å². The normalized spacial score (nSPS) is 11.5. The molecule has 0 saturated carbocycles. The number of hydrogen-bond acceptors (Lipinski definition) is 6. The largest absolute Gasteiger partial charge is 0.490 e. The molecule has 0 saturated heterocycles. The average Bonchev–Trinajstić information content (AvgIpc) is 3.40. The molecule has 0 N–H and O–H groups in total. The molecule has 210 valence electrons. The molecule has 0 atom stereocenters. The van der Waals surface area contributed by atoms with E-state index in [1.54, 1.807) is 42.5 Å². The second-order valence-corrected chi connectivity index (χ2v) is 11.0. The molecule has 2 heterocycles. The SMILES string of the molecule is CCOc1cc(C=Nn2c(-c3cc4cc(Br)ccc4o3)nc3ccccc3c2=O)cc(Cl)c1OCc1ccc(Cl)cc1. The van der Waals surface area contributed by atoms with Crippen molar-refractivity contribution in [1.82, 2.24) is 9.66 Å². The molecule has 2 aromatic heterocycles. The second-order valence-electron chi connectivity index (χ2n) is 9.29. The molecule has 0 aliphatic carbocycles.